The number of aromatic nitrogens is 1. The van der Waals surface area contributed by atoms with Gasteiger partial charge >= 0.3 is 0 Å². The van der Waals surface area contributed by atoms with Gasteiger partial charge in [-0.25, -0.2) is 4.98 Å². The van der Waals surface area contributed by atoms with Gasteiger partial charge in [-0.3, -0.25) is 4.79 Å². The van der Waals surface area contributed by atoms with Gasteiger partial charge in [0.15, 0.2) is 0 Å². The summed E-state index contributed by atoms with van der Waals surface area (Å²) >= 11 is 0. The van der Waals surface area contributed by atoms with Crippen molar-refractivity contribution in [3.63, 3.8) is 0 Å². The normalized spacial score (nSPS) is 11.4. The van der Waals surface area contributed by atoms with Gasteiger partial charge in [0.1, 0.15) is 5.76 Å². The molecule has 1 rings (SSSR count). The van der Waals surface area contributed by atoms with E-state index >= 15 is 0 Å². The van der Waals surface area contributed by atoms with Gasteiger partial charge in [-0.2, -0.15) is 0 Å². The van der Waals surface area contributed by atoms with E-state index in [1.54, 1.807) is 6.20 Å². The van der Waals surface area contributed by atoms with E-state index in [1.165, 1.54) is 0 Å². The second-order valence-corrected chi connectivity index (χ2v) is 4.30. The van der Waals surface area contributed by atoms with Crippen LogP contribution in [0.4, 0.5) is 0 Å². The van der Waals surface area contributed by atoms with E-state index in [2.05, 4.69) is 10.3 Å². The van der Waals surface area contributed by atoms with Crippen LogP contribution < -0.4 is 5.32 Å². The number of aryl methyl sites for hydroxylation is 1. The molecule has 0 bridgehead atoms. The molecule has 78 valence electrons. The number of carbonyl (C=O) groups is 1. The summed E-state index contributed by atoms with van der Waals surface area (Å²) in [6, 6.07) is 0. The second-order valence-electron chi connectivity index (χ2n) is 4.30. The second kappa shape index (κ2) is 3.82. The monoisotopic (exact) mass is 196 g/mol. The lowest BCUT2D eigenvalue weighted by Gasteiger charge is -2.16. The van der Waals surface area contributed by atoms with Gasteiger partial charge in [-0.15, -0.1) is 0 Å². The maximum Gasteiger partial charge on any atom is 0.225 e. The van der Waals surface area contributed by atoms with Gasteiger partial charge in [-0.05, 0) is 6.92 Å². The minimum Gasteiger partial charge on any atom is -0.444 e. The smallest absolute Gasteiger partial charge is 0.225 e. The summed E-state index contributed by atoms with van der Waals surface area (Å²) in [4.78, 5) is 15.5. The average Bonchev–Trinajstić information content (AvgIpc) is 2.45. The summed E-state index contributed by atoms with van der Waals surface area (Å²) in [7, 11) is 0. The number of hydrogen-bond acceptors (Lipinski definition) is 3. The summed E-state index contributed by atoms with van der Waals surface area (Å²) in [5.41, 5.74) is -0.373. The third kappa shape index (κ3) is 2.87. The maximum atomic E-state index is 11.5. The molecule has 1 N–H and O–H groups in total. The van der Waals surface area contributed by atoms with Crippen LogP contribution in [-0.2, 0) is 11.3 Å². The number of amides is 1. The van der Waals surface area contributed by atoms with Crippen LogP contribution in [0.3, 0.4) is 0 Å². The number of nitrogens with one attached hydrogen (secondary N) is 1. The molecular formula is C10H16N2O2. The van der Waals surface area contributed by atoms with Gasteiger partial charge < -0.3 is 9.73 Å². The van der Waals surface area contributed by atoms with Crippen molar-refractivity contribution in [2.45, 2.75) is 34.2 Å². The maximum absolute atomic E-state index is 11.5. The zero-order chi connectivity index (χ0) is 10.8. The minimum absolute atomic E-state index is 0.00615. The third-order valence-electron chi connectivity index (χ3n) is 1.75. The molecule has 14 heavy (non-hydrogen) atoms. The molecule has 1 heterocycles. The van der Waals surface area contributed by atoms with E-state index in [-0.39, 0.29) is 11.3 Å². The van der Waals surface area contributed by atoms with E-state index < -0.39 is 0 Å². The highest BCUT2D eigenvalue weighted by Crippen LogP contribution is 2.12. The van der Waals surface area contributed by atoms with Crippen molar-refractivity contribution >= 4 is 5.91 Å². The quantitative estimate of drug-likeness (QED) is 0.782. The average molecular weight is 196 g/mol. The lowest BCUT2D eigenvalue weighted by atomic mass is 9.96. The van der Waals surface area contributed by atoms with Crippen LogP contribution in [0.15, 0.2) is 10.6 Å². The van der Waals surface area contributed by atoms with E-state index in [1.807, 2.05) is 27.7 Å². The molecule has 4 heteroatoms. The van der Waals surface area contributed by atoms with Crippen molar-refractivity contribution < 1.29 is 9.21 Å². The lowest BCUT2D eigenvalue weighted by molar-refractivity contribution is -0.128. The van der Waals surface area contributed by atoms with Crippen molar-refractivity contribution in [2.75, 3.05) is 0 Å². The molecule has 1 aromatic heterocycles. The number of oxazole rings is 1. The number of rotatable bonds is 2. The minimum atomic E-state index is -0.373. The topological polar surface area (TPSA) is 55.1 Å². The Balaban J connectivity index is 2.46. The van der Waals surface area contributed by atoms with Crippen LogP contribution in [0.1, 0.15) is 32.4 Å². The molecule has 0 spiro atoms. The first-order chi connectivity index (χ1) is 6.39. The van der Waals surface area contributed by atoms with E-state index in [0.717, 1.165) is 5.76 Å². The Kier molecular flexibility index (Phi) is 2.93. The fourth-order valence-electron chi connectivity index (χ4n) is 0.904. The first-order valence-electron chi connectivity index (χ1n) is 4.59. The van der Waals surface area contributed by atoms with Crippen LogP contribution in [0, 0.1) is 12.3 Å². The molecule has 0 aliphatic rings. The lowest BCUT2D eigenvalue weighted by Crippen LogP contribution is -2.34. The fourth-order valence-corrected chi connectivity index (χ4v) is 0.904. The molecule has 1 amide bonds. The van der Waals surface area contributed by atoms with Gasteiger partial charge in [-0.1, -0.05) is 20.8 Å². The van der Waals surface area contributed by atoms with Crippen LogP contribution in [-0.4, -0.2) is 10.9 Å². The Hall–Kier alpha value is -1.32. The Labute approximate surface area is 83.7 Å². The zero-order valence-corrected chi connectivity index (χ0v) is 9.05. The highest BCUT2D eigenvalue weighted by molar-refractivity contribution is 5.81. The summed E-state index contributed by atoms with van der Waals surface area (Å²) in [5, 5.41) is 2.76. The van der Waals surface area contributed by atoms with Crippen molar-refractivity contribution in [1.29, 1.82) is 0 Å². The highest BCUT2D eigenvalue weighted by atomic mass is 16.4. The predicted octanol–water partition coefficient (Wildman–Crippen LogP) is 1.65. The number of nitrogens with zero attached hydrogens (tertiary/aromatic N) is 1. The summed E-state index contributed by atoms with van der Waals surface area (Å²) in [5.74, 6) is 1.29. The number of carbonyl (C=O) groups excluding carboxylic acids is 1. The van der Waals surface area contributed by atoms with Crippen molar-refractivity contribution in [1.82, 2.24) is 10.3 Å². The summed E-state index contributed by atoms with van der Waals surface area (Å²) < 4.78 is 5.22. The molecule has 0 atom stereocenters. The van der Waals surface area contributed by atoms with E-state index in [4.69, 9.17) is 4.42 Å². The Bertz CT molecular complexity index is 323. The predicted molar refractivity (Wildman–Crippen MR) is 52.5 cm³/mol. The molecule has 0 aromatic carbocycles. The Morgan fingerprint density at radius 2 is 2.21 bits per heavy atom. The van der Waals surface area contributed by atoms with Gasteiger partial charge in [0.05, 0.1) is 12.7 Å². The van der Waals surface area contributed by atoms with Gasteiger partial charge in [0.2, 0.25) is 11.8 Å². The summed E-state index contributed by atoms with van der Waals surface area (Å²) in [6.07, 6.45) is 1.64. The fraction of sp³-hybridized carbons (Fsp3) is 0.600. The Morgan fingerprint density at radius 1 is 1.57 bits per heavy atom. The van der Waals surface area contributed by atoms with Gasteiger partial charge in [0, 0.05) is 5.41 Å². The first-order valence-corrected chi connectivity index (χ1v) is 4.59. The molecular weight excluding hydrogens is 180 g/mol. The van der Waals surface area contributed by atoms with Crippen LogP contribution in [0.5, 0.6) is 0 Å². The largest absolute Gasteiger partial charge is 0.444 e. The molecule has 0 saturated carbocycles. The molecule has 0 fully saturated rings. The van der Waals surface area contributed by atoms with Crippen LogP contribution >= 0.6 is 0 Å². The number of hydrogen-bond donors (Lipinski definition) is 1. The van der Waals surface area contributed by atoms with Crippen molar-refractivity contribution in [3.05, 3.63) is 17.8 Å². The molecule has 1 aromatic rings. The summed E-state index contributed by atoms with van der Waals surface area (Å²) in [6.45, 7) is 7.77. The Morgan fingerprint density at radius 3 is 2.64 bits per heavy atom. The zero-order valence-electron chi connectivity index (χ0n) is 9.05. The van der Waals surface area contributed by atoms with E-state index in [0.29, 0.717) is 12.4 Å². The molecule has 4 nitrogen and oxygen atoms in total. The highest BCUT2D eigenvalue weighted by Gasteiger charge is 2.20. The molecule has 0 aliphatic heterocycles. The third-order valence-corrected chi connectivity index (χ3v) is 1.75. The van der Waals surface area contributed by atoms with Crippen molar-refractivity contribution in [3.8, 4) is 0 Å². The molecule has 0 radical (unpaired) electrons. The first kappa shape index (κ1) is 10.8. The SMILES string of the molecule is Cc1cnc(CNC(=O)C(C)(C)C)o1. The standard InChI is InChI=1S/C10H16N2O2/c1-7-5-11-8(14-7)6-12-9(13)10(2,3)4/h5H,6H2,1-4H3,(H,12,13). The van der Waals surface area contributed by atoms with Crippen LogP contribution in [0.2, 0.25) is 0 Å². The van der Waals surface area contributed by atoms with Crippen molar-refractivity contribution in [2.24, 2.45) is 5.41 Å². The molecule has 0 unspecified atom stereocenters. The molecule has 0 saturated heterocycles. The van der Waals surface area contributed by atoms with E-state index in [9.17, 15) is 4.79 Å². The molecule has 0 aliphatic carbocycles. The van der Waals surface area contributed by atoms with Gasteiger partial charge in [0.25, 0.3) is 0 Å². The van der Waals surface area contributed by atoms with Crippen LogP contribution in [0.25, 0.3) is 0 Å².